The zero-order valence-electron chi connectivity index (χ0n) is 16.3. The zero-order valence-corrected chi connectivity index (χ0v) is 16.3. The van der Waals surface area contributed by atoms with Gasteiger partial charge in [-0.3, -0.25) is 0 Å². The van der Waals surface area contributed by atoms with E-state index >= 15 is 0 Å². The predicted octanol–water partition coefficient (Wildman–Crippen LogP) is 4.87. The fourth-order valence-corrected chi connectivity index (χ4v) is 3.10. The molecule has 0 radical (unpaired) electrons. The van der Waals surface area contributed by atoms with E-state index in [4.69, 9.17) is 14.5 Å². The van der Waals surface area contributed by atoms with Crippen molar-refractivity contribution >= 4 is 17.1 Å². The maximum atomic E-state index is 14.0. The summed E-state index contributed by atoms with van der Waals surface area (Å²) in [5.41, 5.74) is 3.77. The quantitative estimate of drug-likeness (QED) is 0.453. The van der Waals surface area contributed by atoms with E-state index in [1.807, 2.05) is 37.3 Å². The van der Waals surface area contributed by atoms with Gasteiger partial charge < -0.3 is 9.26 Å². The van der Waals surface area contributed by atoms with Crippen molar-refractivity contribution in [2.75, 3.05) is 0 Å². The monoisotopic (exact) mass is 401 g/mol. The summed E-state index contributed by atoms with van der Waals surface area (Å²) in [4.78, 5) is 17.3. The fraction of sp³-hybridized carbons (Fsp3) is 0.130. The molecule has 7 heteroatoms. The Morgan fingerprint density at radius 1 is 1.17 bits per heavy atom. The first-order valence-electron chi connectivity index (χ1n) is 9.16. The van der Waals surface area contributed by atoms with Crippen molar-refractivity contribution in [3.63, 3.8) is 0 Å². The van der Waals surface area contributed by atoms with Gasteiger partial charge in [-0.25, -0.2) is 14.2 Å². The van der Waals surface area contributed by atoms with Crippen molar-refractivity contribution in [2.45, 2.75) is 20.5 Å². The molecule has 30 heavy (non-hydrogen) atoms. The Kier molecular flexibility index (Phi) is 4.98. The first kappa shape index (κ1) is 19.3. The van der Waals surface area contributed by atoms with Gasteiger partial charge in [-0.1, -0.05) is 35.0 Å². The number of hydrogen-bond acceptors (Lipinski definition) is 6. The van der Waals surface area contributed by atoms with Crippen LogP contribution in [0.15, 0.2) is 53.1 Å². The molecule has 0 spiro atoms. The molecule has 2 aromatic heterocycles. The Hall–Kier alpha value is -4.05. The first-order valence-corrected chi connectivity index (χ1v) is 9.16. The molecule has 0 aliphatic carbocycles. The van der Waals surface area contributed by atoms with Crippen molar-refractivity contribution in [1.29, 1.82) is 5.26 Å². The highest BCUT2D eigenvalue weighted by Crippen LogP contribution is 2.28. The van der Waals surface area contributed by atoms with Gasteiger partial charge in [-0.2, -0.15) is 5.26 Å². The van der Waals surface area contributed by atoms with Crippen molar-refractivity contribution in [1.82, 2.24) is 10.1 Å². The maximum Gasteiger partial charge on any atom is 0.339 e. The smallest absolute Gasteiger partial charge is 0.339 e. The van der Waals surface area contributed by atoms with E-state index in [1.54, 1.807) is 13.0 Å². The minimum absolute atomic E-state index is 0.119. The van der Waals surface area contributed by atoms with Crippen molar-refractivity contribution in [3.8, 4) is 17.3 Å². The predicted molar refractivity (Wildman–Crippen MR) is 107 cm³/mol. The normalized spacial score (nSPS) is 10.7. The number of pyridine rings is 1. The zero-order chi connectivity index (χ0) is 21.3. The molecule has 0 N–H and O–H groups in total. The lowest BCUT2D eigenvalue weighted by atomic mass is 10.0. The number of ether oxygens (including phenoxy) is 1. The van der Waals surface area contributed by atoms with Gasteiger partial charge >= 0.3 is 5.97 Å². The Labute approximate surface area is 171 Å². The summed E-state index contributed by atoms with van der Waals surface area (Å²) in [5, 5.41) is 13.3. The third-order valence-electron chi connectivity index (χ3n) is 4.72. The largest absolute Gasteiger partial charge is 0.457 e. The van der Waals surface area contributed by atoms with Gasteiger partial charge in [0.2, 0.25) is 0 Å². The van der Waals surface area contributed by atoms with Crippen LogP contribution < -0.4 is 0 Å². The third-order valence-corrected chi connectivity index (χ3v) is 4.72. The van der Waals surface area contributed by atoms with Crippen LogP contribution in [0.5, 0.6) is 0 Å². The lowest BCUT2D eigenvalue weighted by molar-refractivity contribution is 0.0471. The van der Waals surface area contributed by atoms with Crippen molar-refractivity contribution < 1.29 is 18.4 Å². The molecule has 0 saturated carbocycles. The Balaban J connectivity index is 1.70. The van der Waals surface area contributed by atoms with Crippen LogP contribution >= 0.6 is 0 Å². The number of aryl methyl sites for hydroxylation is 2. The molecule has 0 bridgehead atoms. The number of carbonyl (C=O) groups is 1. The lowest BCUT2D eigenvalue weighted by Gasteiger charge is -2.09. The molecular formula is C23H16FN3O3. The van der Waals surface area contributed by atoms with E-state index in [0.717, 1.165) is 11.1 Å². The topological polar surface area (TPSA) is 89.0 Å². The number of halogens is 1. The summed E-state index contributed by atoms with van der Waals surface area (Å²) in [6, 6.07) is 15.1. The van der Waals surface area contributed by atoms with Crippen LogP contribution in [-0.2, 0) is 11.3 Å². The molecule has 4 rings (SSSR count). The number of hydrogen-bond donors (Lipinski definition) is 0. The molecule has 4 aromatic rings. The minimum Gasteiger partial charge on any atom is -0.457 e. The van der Waals surface area contributed by atoms with E-state index in [1.165, 1.54) is 18.2 Å². The molecule has 6 nitrogen and oxygen atoms in total. The lowest BCUT2D eigenvalue weighted by Crippen LogP contribution is -2.08. The third kappa shape index (κ3) is 3.63. The number of rotatable bonds is 4. The summed E-state index contributed by atoms with van der Waals surface area (Å²) in [6.45, 7) is 3.36. The summed E-state index contributed by atoms with van der Waals surface area (Å²) in [6.07, 6.45) is 0. The van der Waals surface area contributed by atoms with Gasteiger partial charge in [0.15, 0.2) is 0 Å². The molecule has 2 aromatic carbocycles. The maximum absolute atomic E-state index is 14.0. The van der Waals surface area contributed by atoms with Gasteiger partial charge in [-0.15, -0.1) is 0 Å². The Morgan fingerprint density at radius 3 is 2.67 bits per heavy atom. The highest BCUT2D eigenvalue weighted by molar-refractivity contribution is 6.04. The van der Waals surface area contributed by atoms with E-state index in [9.17, 15) is 9.18 Å². The standard InChI is InChI=1S/C23H16FN3O3/c1-13-3-6-16(7-4-13)20-10-18(21-14(2)27-30-22(21)26-20)23(28)29-12-17-9-15(11-25)5-8-19(17)24/h3-10H,12H2,1-2H3. The van der Waals surface area contributed by atoms with E-state index in [2.05, 4.69) is 10.1 Å². The van der Waals surface area contributed by atoms with Crippen LogP contribution in [0.1, 0.15) is 32.7 Å². The molecule has 0 aliphatic heterocycles. The molecule has 0 amide bonds. The second-order valence-electron chi connectivity index (χ2n) is 6.86. The molecule has 0 atom stereocenters. The summed E-state index contributed by atoms with van der Waals surface area (Å²) in [7, 11) is 0. The minimum atomic E-state index is -0.663. The first-order chi connectivity index (χ1) is 14.5. The fourth-order valence-electron chi connectivity index (χ4n) is 3.10. The summed E-state index contributed by atoms with van der Waals surface area (Å²) in [5.74, 6) is -1.22. The van der Waals surface area contributed by atoms with E-state index in [-0.39, 0.29) is 29.0 Å². The van der Waals surface area contributed by atoms with Gasteiger partial charge in [0.05, 0.1) is 34.0 Å². The molecule has 148 valence electrons. The Bertz CT molecular complexity index is 1300. The number of aromatic nitrogens is 2. The number of carbonyl (C=O) groups excluding carboxylic acids is 1. The van der Waals surface area contributed by atoms with Crippen LogP contribution in [-0.4, -0.2) is 16.1 Å². The van der Waals surface area contributed by atoms with Crippen molar-refractivity contribution in [2.24, 2.45) is 0 Å². The average Bonchev–Trinajstić information content (AvgIpc) is 3.13. The van der Waals surface area contributed by atoms with Crippen LogP contribution in [0.4, 0.5) is 4.39 Å². The second-order valence-corrected chi connectivity index (χ2v) is 6.86. The van der Waals surface area contributed by atoms with Gasteiger partial charge in [0.1, 0.15) is 12.4 Å². The van der Waals surface area contributed by atoms with Gasteiger partial charge in [-0.05, 0) is 38.1 Å². The highest BCUT2D eigenvalue weighted by Gasteiger charge is 2.21. The van der Waals surface area contributed by atoms with Crippen molar-refractivity contribution in [3.05, 3.63) is 82.3 Å². The summed E-state index contributed by atoms with van der Waals surface area (Å²) < 4.78 is 24.6. The SMILES string of the molecule is Cc1ccc(-c2cc(C(=O)OCc3cc(C#N)ccc3F)c3c(C)noc3n2)cc1. The van der Waals surface area contributed by atoms with Crippen LogP contribution in [0.3, 0.4) is 0 Å². The molecular weight excluding hydrogens is 385 g/mol. The van der Waals surface area contributed by atoms with Gasteiger partial charge in [0, 0.05) is 11.1 Å². The van der Waals surface area contributed by atoms with E-state index in [0.29, 0.717) is 16.8 Å². The Morgan fingerprint density at radius 2 is 1.93 bits per heavy atom. The average molecular weight is 401 g/mol. The highest BCUT2D eigenvalue weighted by atomic mass is 19.1. The molecule has 0 saturated heterocycles. The number of benzene rings is 2. The number of fused-ring (bicyclic) bond motifs is 1. The van der Waals surface area contributed by atoms with Gasteiger partial charge in [0.25, 0.3) is 5.71 Å². The van der Waals surface area contributed by atoms with Crippen LogP contribution in [0.25, 0.3) is 22.4 Å². The molecule has 0 unspecified atom stereocenters. The number of nitriles is 1. The van der Waals surface area contributed by atoms with Crippen LogP contribution in [0.2, 0.25) is 0 Å². The number of esters is 1. The summed E-state index contributed by atoms with van der Waals surface area (Å²) >= 11 is 0. The molecule has 0 fully saturated rings. The molecule has 0 aliphatic rings. The number of nitrogens with zero attached hydrogens (tertiary/aromatic N) is 3. The van der Waals surface area contributed by atoms with E-state index < -0.39 is 11.8 Å². The van der Waals surface area contributed by atoms with Crippen LogP contribution in [0, 0.1) is 31.0 Å². The molecule has 2 heterocycles. The second kappa shape index (κ2) is 7.76.